The third-order valence-electron chi connectivity index (χ3n) is 4.26. The van der Waals surface area contributed by atoms with Crippen LogP contribution in [0.3, 0.4) is 0 Å². The molecule has 3 N–H and O–H groups in total. The van der Waals surface area contributed by atoms with E-state index < -0.39 is 0 Å². The molecule has 0 aromatic heterocycles. The van der Waals surface area contributed by atoms with E-state index in [1.807, 2.05) is 6.07 Å². The fourth-order valence-electron chi connectivity index (χ4n) is 3.21. The molecule has 0 heterocycles. The zero-order valence-electron chi connectivity index (χ0n) is 11.6. The first-order chi connectivity index (χ1) is 8.67. The minimum atomic E-state index is 0.192. The van der Waals surface area contributed by atoms with Crippen molar-refractivity contribution in [2.75, 3.05) is 7.11 Å². The lowest BCUT2D eigenvalue weighted by Crippen LogP contribution is -2.35. The fraction of sp³-hybridized carbons (Fsp3) is 0.600. The Hall–Kier alpha value is -1.06. The van der Waals surface area contributed by atoms with Gasteiger partial charge < -0.3 is 4.74 Å². The van der Waals surface area contributed by atoms with Gasteiger partial charge in [-0.2, -0.15) is 0 Å². The van der Waals surface area contributed by atoms with Crippen LogP contribution in [0.1, 0.15) is 43.4 Å². The Balaban J connectivity index is 2.34. The van der Waals surface area contributed by atoms with Gasteiger partial charge in [0.1, 0.15) is 5.75 Å². The van der Waals surface area contributed by atoms with Crippen LogP contribution in [-0.4, -0.2) is 7.11 Å². The van der Waals surface area contributed by atoms with Crippen LogP contribution in [-0.2, 0) is 0 Å². The number of hydrazine groups is 1. The average Bonchev–Trinajstić information content (AvgIpc) is 2.77. The molecule has 2 rings (SSSR count). The highest BCUT2D eigenvalue weighted by Crippen LogP contribution is 2.42. The first-order valence-corrected chi connectivity index (χ1v) is 6.78. The monoisotopic (exact) mass is 248 g/mol. The van der Waals surface area contributed by atoms with Crippen LogP contribution in [0.25, 0.3) is 0 Å². The maximum atomic E-state index is 5.81. The third kappa shape index (κ3) is 2.52. The second kappa shape index (κ2) is 5.72. The predicted octanol–water partition coefficient (Wildman–Crippen LogP) is 2.94. The second-order valence-electron chi connectivity index (χ2n) is 5.46. The summed E-state index contributed by atoms with van der Waals surface area (Å²) in [6.07, 6.45) is 3.85. The van der Waals surface area contributed by atoms with E-state index in [9.17, 15) is 0 Å². The van der Waals surface area contributed by atoms with E-state index >= 15 is 0 Å². The highest BCUT2D eigenvalue weighted by atomic mass is 16.5. The smallest absolute Gasteiger partial charge is 0.123 e. The molecule has 100 valence electrons. The molecule has 0 spiro atoms. The van der Waals surface area contributed by atoms with Gasteiger partial charge in [0.2, 0.25) is 0 Å². The summed E-state index contributed by atoms with van der Waals surface area (Å²) in [7, 11) is 1.72. The lowest BCUT2D eigenvalue weighted by molar-refractivity contribution is 0.295. The molecule has 1 aliphatic carbocycles. The van der Waals surface area contributed by atoms with Crippen molar-refractivity contribution in [2.45, 2.75) is 39.2 Å². The zero-order valence-corrected chi connectivity index (χ0v) is 11.6. The molecule has 1 aliphatic rings. The summed E-state index contributed by atoms with van der Waals surface area (Å²) in [4.78, 5) is 0. The van der Waals surface area contributed by atoms with E-state index in [4.69, 9.17) is 10.6 Å². The van der Waals surface area contributed by atoms with Gasteiger partial charge in [0.05, 0.1) is 13.2 Å². The van der Waals surface area contributed by atoms with Crippen molar-refractivity contribution in [3.8, 4) is 5.75 Å². The maximum absolute atomic E-state index is 5.81. The van der Waals surface area contributed by atoms with Gasteiger partial charge in [0.25, 0.3) is 0 Å². The van der Waals surface area contributed by atoms with Gasteiger partial charge in [-0.05, 0) is 31.2 Å². The largest absolute Gasteiger partial charge is 0.496 e. The molecule has 0 bridgehead atoms. The van der Waals surface area contributed by atoms with Gasteiger partial charge in [0, 0.05) is 5.56 Å². The first-order valence-electron chi connectivity index (χ1n) is 6.78. The number of aryl methyl sites for hydroxylation is 1. The van der Waals surface area contributed by atoms with E-state index in [1.165, 1.54) is 30.4 Å². The van der Waals surface area contributed by atoms with Crippen LogP contribution >= 0.6 is 0 Å². The molecule has 1 aromatic rings. The number of benzene rings is 1. The van der Waals surface area contributed by atoms with Crippen molar-refractivity contribution >= 4 is 0 Å². The first kappa shape index (κ1) is 13.4. The molecule has 3 heteroatoms. The molecular weight excluding hydrogens is 224 g/mol. The summed E-state index contributed by atoms with van der Waals surface area (Å²) in [5.74, 6) is 8.07. The summed E-state index contributed by atoms with van der Waals surface area (Å²) in [5.41, 5.74) is 5.45. The van der Waals surface area contributed by atoms with Gasteiger partial charge in [-0.25, -0.2) is 0 Å². The summed E-state index contributed by atoms with van der Waals surface area (Å²) < 4.78 is 5.48. The standard InChI is InChI=1S/C15H24N2O/c1-10-7-8-14(18-3)13(9-10)15(17-16)12-6-4-5-11(12)2/h7-9,11-12,15,17H,4-6,16H2,1-3H3. The number of nitrogens with two attached hydrogens (primary N) is 1. The quantitative estimate of drug-likeness (QED) is 0.636. The minimum Gasteiger partial charge on any atom is -0.496 e. The van der Waals surface area contributed by atoms with Gasteiger partial charge in [-0.3, -0.25) is 11.3 Å². The normalized spacial score (nSPS) is 25.1. The van der Waals surface area contributed by atoms with Gasteiger partial charge in [-0.15, -0.1) is 0 Å². The van der Waals surface area contributed by atoms with Crippen molar-refractivity contribution in [3.05, 3.63) is 29.3 Å². The molecule has 1 saturated carbocycles. The summed E-state index contributed by atoms with van der Waals surface area (Å²) in [6, 6.07) is 6.49. The van der Waals surface area contributed by atoms with Gasteiger partial charge in [-0.1, -0.05) is 37.5 Å². The topological polar surface area (TPSA) is 47.3 Å². The molecule has 3 atom stereocenters. The number of methoxy groups -OCH3 is 1. The number of nitrogens with one attached hydrogen (secondary N) is 1. The van der Waals surface area contributed by atoms with Crippen LogP contribution < -0.4 is 16.0 Å². The van der Waals surface area contributed by atoms with Crippen LogP contribution in [0.2, 0.25) is 0 Å². The SMILES string of the molecule is COc1ccc(C)cc1C(NN)C1CCCC1C. The Morgan fingerprint density at radius 2 is 2.17 bits per heavy atom. The lowest BCUT2D eigenvalue weighted by Gasteiger charge is -2.28. The number of ether oxygens (including phenoxy) is 1. The summed E-state index contributed by atoms with van der Waals surface area (Å²) in [5, 5.41) is 0. The Morgan fingerprint density at radius 3 is 2.72 bits per heavy atom. The van der Waals surface area contributed by atoms with Crippen LogP contribution in [0.15, 0.2) is 18.2 Å². The van der Waals surface area contributed by atoms with Crippen molar-refractivity contribution in [3.63, 3.8) is 0 Å². The number of hydrogen-bond acceptors (Lipinski definition) is 3. The number of rotatable bonds is 4. The molecule has 18 heavy (non-hydrogen) atoms. The van der Waals surface area contributed by atoms with Crippen LogP contribution in [0.4, 0.5) is 0 Å². The van der Waals surface area contributed by atoms with Crippen molar-refractivity contribution in [1.29, 1.82) is 0 Å². The minimum absolute atomic E-state index is 0.192. The Labute approximate surface area is 110 Å². The van der Waals surface area contributed by atoms with Crippen molar-refractivity contribution in [1.82, 2.24) is 5.43 Å². The number of hydrogen-bond donors (Lipinski definition) is 2. The van der Waals surface area contributed by atoms with Crippen LogP contribution in [0.5, 0.6) is 5.75 Å². The summed E-state index contributed by atoms with van der Waals surface area (Å²) in [6.45, 7) is 4.43. The highest BCUT2D eigenvalue weighted by molar-refractivity contribution is 5.39. The summed E-state index contributed by atoms with van der Waals surface area (Å²) >= 11 is 0. The van der Waals surface area contributed by atoms with E-state index in [0.717, 1.165) is 11.7 Å². The van der Waals surface area contributed by atoms with Crippen molar-refractivity contribution < 1.29 is 4.74 Å². The lowest BCUT2D eigenvalue weighted by atomic mass is 9.85. The Morgan fingerprint density at radius 1 is 1.39 bits per heavy atom. The second-order valence-corrected chi connectivity index (χ2v) is 5.46. The zero-order chi connectivity index (χ0) is 13.1. The highest BCUT2D eigenvalue weighted by Gasteiger charge is 2.32. The molecule has 0 saturated heterocycles. The van der Waals surface area contributed by atoms with Crippen LogP contribution in [0, 0.1) is 18.8 Å². The molecule has 0 radical (unpaired) electrons. The Bertz CT molecular complexity index is 405. The van der Waals surface area contributed by atoms with E-state index in [0.29, 0.717) is 5.92 Å². The maximum Gasteiger partial charge on any atom is 0.123 e. The molecule has 0 aliphatic heterocycles. The molecule has 1 fully saturated rings. The average molecular weight is 248 g/mol. The third-order valence-corrected chi connectivity index (χ3v) is 4.26. The molecule has 3 unspecified atom stereocenters. The Kier molecular flexibility index (Phi) is 4.25. The van der Waals surface area contributed by atoms with Crippen molar-refractivity contribution in [2.24, 2.45) is 17.7 Å². The van der Waals surface area contributed by atoms with E-state index in [2.05, 4.69) is 31.4 Å². The molecule has 0 amide bonds. The molecular formula is C15H24N2O. The fourth-order valence-corrected chi connectivity index (χ4v) is 3.21. The van der Waals surface area contributed by atoms with Gasteiger partial charge >= 0.3 is 0 Å². The van der Waals surface area contributed by atoms with E-state index in [-0.39, 0.29) is 6.04 Å². The van der Waals surface area contributed by atoms with E-state index in [1.54, 1.807) is 7.11 Å². The molecule has 1 aromatic carbocycles. The molecule has 3 nitrogen and oxygen atoms in total. The van der Waals surface area contributed by atoms with Gasteiger partial charge in [0.15, 0.2) is 0 Å². The predicted molar refractivity (Wildman–Crippen MR) is 74.3 cm³/mol.